The summed E-state index contributed by atoms with van der Waals surface area (Å²) in [6, 6.07) is 7.47. The molecule has 0 fully saturated rings. The second-order valence-electron chi connectivity index (χ2n) is 4.04. The fraction of sp³-hybridized carbons (Fsp3) is 0.333. The third kappa shape index (κ3) is 2.53. The van der Waals surface area contributed by atoms with Gasteiger partial charge in [-0.05, 0) is 12.5 Å². The summed E-state index contributed by atoms with van der Waals surface area (Å²) in [4.78, 5) is 12.0. The fourth-order valence-electron chi connectivity index (χ4n) is 1.95. The standard InChI is InChI=1S/C12H15N3O3/c13-11(15-17)7-14-12(16)9-5-6-18-10-4-2-1-3-8(9)10/h1-4,9,17H,5-7H2,(H2,13,15)(H,14,16). The smallest absolute Gasteiger partial charge is 0.228 e. The molecule has 0 radical (unpaired) electrons. The van der Waals surface area contributed by atoms with Crippen LogP contribution < -0.4 is 15.8 Å². The number of nitrogens with one attached hydrogen (secondary N) is 1. The molecule has 1 heterocycles. The molecular formula is C12H15N3O3. The number of hydrogen-bond acceptors (Lipinski definition) is 4. The number of fused-ring (bicyclic) bond motifs is 1. The Morgan fingerprint density at radius 1 is 1.56 bits per heavy atom. The number of para-hydroxylation sites is 1. The van der Waals surface area contributed by atoms with Crippen LogP contribution in [0, 0.1) is 0 Å². The maximum absolute atomic E-state index is 12.0. The highest BCUT2D eigenvalue weighted by molar-refractivity contribution is 5.90. The zero-order valence-electron chi connectivity index (χ0n) is 9.80. The van der Waals surface area contributed by atoms with Crippen molar-refractivity contribution in [3.63, 3.8) is 0 Å². The molecule has 1 aliphatic rings. The number of nitrogens with two attached hydrogens (primary N) is 1. The first-order valence-electron chi connectivity index (χ1n) is 5.68. The van der Waals surface area contributed by atoms with Crippen LogP contribution >= 0.6 is 0 Å². The van der Waals surface area contributed by atoms with Gasteiger partial charge in [-0.2, -0.15) is 0 Å². The van der Waals surface area contributed by atoms with E-state index >= 15 is 0 Å². The van der Waals surface area contributed by atoms with Crippen LogP contribution in [-0.4, -0.2) is 30.1 Å². The Morgan fingerprint density at radius 2 is 2.33 bits per heavy atom. The minimum absolute atomic E-state index is 0.0244. The predicted octanol–water partition coefficient (Wildman–Crippen LogP) is 0.415. The molecule has 1 aliphatic heterocycles. The van der Waals surface area contributed by atoms with Crippen LogP contribution in [0.4, 0.5) is 0 Å². The average molecular weight is 249 g/mol. The Morgan fingerprint density at radius 3 is 3.11 bits per heavy atom. The van der Waals surface area contributed by atoms with E-state index in [1.165, 1.54) is 0 Å². The number of amides is 1. The molecule has 6 heteroatoms. The molecule has 18 heavy (non-hydrogen) atoms. The number of carbonyl (C=O) groups excluding carboxylic acids is 1. The molecule has 0 saturated heterocycles. The SMILES string of the molecule is NC(CNC(=O)C1CCOc2ccccc21)=NO. The second-order valence-corrected chi connectivity index (χ2v) is 4.04. The Kier molecular flexibility index (Phi) is 3.66. The summed E-state index contributed by atoms with van der Waals surface area (Å²) in [7, 11) is 0. The lowest BCUT2D eigenvalue weighted by molar-refractivity contribution is -0.122. The van der Waals surface area contributed by atoms with Crippen molar-refractivity contribution in [2.24, 2.45) is 10.9 Å². The number of hydrogen-bond donors (Lipinski definition) is 3. The fourth-order valence-corrected chi connectivity index (χ4v) is 1.95. The maximum Gasteiger partial charge on any atom is 0.228 e. The Labute approximate surface area is 104 Å². The van der Waals surface area contributed by atoms with Gasteiger partial charge >= 0.3 is 0 Å². The average Bonchev–Trinajstić information content (AvgIpc) is 2.43. The van der Waals surface area contributed by atoms with E-state index in [1.54, 1.807) is 0 Å². The van der Waals surface area contributed by atoms with Crippen LogP contribution in [0.2, 0.25) is 0 Å². The molecule has 0 bridgehead atoms. The van der Waals surface area contributed by atoms with E-state index in [0.29, 0.717) is 13.0 Å². The van der Waals surface area contributed by atoms with Gasteiger partial charge < -0.3 is 21.0 Å². The zero-order chi connectivity index (χ0) is 13.0. The molecule has 6 nitrogen and oxygen atoms in total. The van der Waals surface area contributed by atoms with Crippen molar-refractivity contribution >= 4 is 11.7 Å². The van der Waals surface area contributed by atoms with Gasteiger partial charge in [0.1, 0.15) is 5.75 Å². The monoisotopic (exact) mass is 249 g/mol. The van der Waals surface area contributed by atoms with Crippen molar-refractivity contribution < 1.29 is 14.7 Å². The molecule has 1 unspecified atom stereocenters. The Bertz CT molecular complexity index is 473. The molecule has 0 saturated carbocycles. The van der Waals surface area contributed by atoms with E-state index < -0.39 is 0 Å². The van der Waals surface area contributed by atoms with E-state index in [1.807, 2.05) is 24.3 Å². The van der Waals surface area contributed by atoms with Gasteiger partial charge in [0.2, 0.25) is 5.91 Å². The molecule has 4 N–H and O–H groups in total. The van der Waals surface area contributed by atoms with E-state index in [-0.39, 0.29) is 24.2 Å². The van der Waals surface area contributed by atoms with E-state index in [4.69, 9.17) is 15.7 Å². The van der Waals surface area contributed by atoms with Crippen LogP contribution in [0.5, 0.6) is 5.75 Å². The lowest BCUT2D eigenvalue weighted by Gasteiger charge is -2.24. The first kappa shape index (κ1) is 12.2. The molecule has 1 aromatic rings. The molecule has 96 valence electrons. The van der Waals surface area contributed by atoms with Gasteiger partial charge in [-0.15, -0.1) is 0 Å². The number of nitrogens with zero attached hydrogens (tertiary/aromatic N) is 1. The van der Waals surface area contributed by atoms with Crippen LogP contribution in [0.15, 0.2) is 29.4 Å². The predicted molar refractivity (Wildman–Crippen MR) is 65.7 cm³/mol. The summed E-state index contributed by atoms with van der Waals surface area (Å²) < 4.78 is 5.48. The number of rotatable bonds is 3. The van der Waals surface area contributed by atoms with Gasteiger partial charge in [0, 0.05) is 5.56 Å². The van der Waals surface area contributed by atoms with Crippen LogP contribution in [0.25, 0.3) is 0 Å². The van der Waals surface area contributed by atoms with Gasteiger partial charge in [0.15, 0.2) is 5.84 Å². The number of oxime groups is 1. The highest BCUT2D eigenvalue weighted by Crippen LogP contribution is 2.33. The normalized spacial score (nSPS) is 18.7. The number of amidine groups is 1. The van der Waals surface area contributed by atoms with Crippen molar-refractivity contribution in [1.29, 1.82) is 0 Å². The Hall–Kier alpha value is -2.24. The van der Waals surface area contributed by atoms with Crippen molar-refractivity contribution in [2.75, 3.05) is 13.2 Å². The minimum atomic E-state index is -0.249. The van der Waals surface area contributed by atoms with Crippen LogP contribution in [-0.2, 0) is 4.79 Å². The summed E-state index contributed by atoms with van der Waals surface area (Å²) in [5.74, 6) is 0.329. The molecular weight excluding hydrogens is 234 g/mol. The summed E-state index contributed by atoms with van der Waals surface area (Å²) in [5.41, 5.74) is 6.18. The quantitative estimate of drug-likeness (QED) is 0.313. The van der Waals surface area contributed by atoms with Crippen molar-refractivity contribution in [2.45, 2.75) is 12.3 Å². The third-order valence-corrected chi connectivity index (χ3v) is 2.85. The summed E-state index contributed by atoms with van der Waals surface area (Å²) >= 11 is 0. The van der Waals surface area contributed by atoms with E-state index in [9.17, 15) is 4.79 Å². The molecule has 0 spiro atoms. The molecule has 0 aromatic heterocycles. The third-order valence-electron chi connectivity index (χ3n) is 2.85. The molecule has 2 rings (SSSR count). The molecule has 1 amide bonds. The van der Waals surface area contributed by atoms with Gasteiger partial charge in [-0.25, -0.2) is 0 Å². The lowest BCUT2D eigenvalue weighted by atomic mass is 9.92. The van der Waals surface area contributed by atoms with Gasteiger partial charge in [-0.1, -0.05) is 23.4 Å². The van der Waals surface area contributed by atoms with Crippen LogP contribution in [0.1, 0.15) is 17.9 Å². The topological polar surface area (TPSA) is 96.9 Å². The largest absolute Gasteiger partial charge is 0.493 e. The van der Waals surface area contributed by atoms with E-state index in [2.05, 4.69) is 10.5 Å². The minimum Gasteiger partial charge on any atom is -0.493 e. The highest BCUT2D eigenvalue weighted by Gasteiger charge is 2.27. The van der Waals surface area contributed by atoms with Gasteiger partial charge in [0.25, 0.3) is 0 Å². The van der Waals surface area contributed by atoms with Crippen molar-refractivity contribution in [3.8, 4) is 5.75 Å². The zero-order valence-corrected chi connectivity index (χ0v) is 9.80. The summed E-state index contributed by atoms with van der Waals surface area (Å²) in [5, 5.41) is 13.8. The van der Waals surface area contributed by atoms with Crippen molar-refractivity contribution in [3.05, 3.63) is 29.8 Å². The highest BCUT2D eigenvalue weighted by atomic mass is 16.5. The first-order valence-corrected chi connectivity index (χ1v) is 5.68. The maximum atomic E-state index is 12.0. The summed E-state index contributed by atoms with van der Waals surface area (Å²) in [6.45, 7) is 0.549. The van der Waals surface area contributed by atoms with E-state index in [0.717, 1.165) is 11.3 Å². The van der Waals surface area contributed by atoms with Crippen LogP contribution in [0.3, 0.4) is 0 Å². The number of ether oxygens (including phenoxy) is 1. The molecule has 1 aromatic carbocycles. The van der Waals surface area contributed by atoms with Gasteiger partial charge in [0.05, 0.1) is 19.1 Å². The number of benzene rings is 1. The Balaban J connectivity index is 2.08. The van der Waals surface area contributed by atoms with Gasteiger partial charge in [-0.3, -0.25) is 4.79 Å². The second kappa shape index (κ2) is 5.39. The molecule has 1 atom stereocenters. The number of carbonyl (C=O) groups is 1. The first-order chi connectivity index (χ1) is 8.72. The van der Waals surface area contributed by atoms with Crippen molar-refractivity contribution in [1.82, 2.24) is 5.32 Å². The summed E-state index contributed by atoms with van der Waals surface area (Å²) in [6.07, 6.45) is 0.624. The lowest BCUT2D eigenvalue weighted by Crippen LogP contribution is -2.38. The molecule has 0 aliphatic carbocycles.